The molecule has 4 heteroatoms. The second-order valence-corrected chi connectivity index (χ2v) is 4.06. The van der Waals surface area contributed by atoms with Crippen molar-refractivity contribution in [1.82, 2.24) is 0 Å². The lowest BCUT2D eigenvalue weighted by Gasteiger charge is -2.04. The van der Waals surface area contributed by atoms with E-state index in [1.165, 1.54) is 0 Å². The zero-order valence-corrected chi connectivity index (χ0v) is 10.8. The maximum Gasteiger partial charge on any atom is 0.248 e. The van der Waals surface area contributed by atoms with Gasteiger partial charge in [-0.1, -0.05) is 20.3 Å². The Labute approximate surface area is 103 Å². The maximum absolute atomic E-state index is 11.5. The number of unbranched alkanes of at least 4 members (excludes halogenated alkanes) is 3. The van der Waals surface area contributed by atoms with Gasteiger partial charge in [-0.25, -0.2) is 9.98 Å². The first-order chi connectivity index (χ1) is 8.22. The monoisotopic (exact) mass is 238 g/mol. The molecule has 0 aromatic carbocycles. The Balaban J connectivity index is 3.70. The Hall–Kier alpha value is -1.32. The van der Waals surface area contributed by atoms with Crippen LogP contribution in [-0.2, 0) is 9.59 Å². The van der Waals surface area contributed by atoms with Crippen LogP contribution in [0.4, 0.5) is 0 Å². The fourth-order valence-electron chi connectivity index (χ4n) is 1.33. The van der Waals surface area contributed by atoms with Crippen molar-refractivity contribution in [1.29, 1.82) is 0 Å². The van der Waals surface area contributed by atoms with Crippen LogP contribution in [-0.4, -0.2) is 24.7 Å². The van der Waals surface area contributed by atoms with Crippen molar-refractivity contribution in [2.75, 3.05) is 0 Å². The van der Waals surface area contributed by atoms with Gasteiger partial charge in [0.15, 0.2) is 0 Å². The molecule has 0 aliphatic heterocycles. The summed E-state index contributed by atoms with van der Waals surface area (Å²) < 4.78 is 0. The van der Waals surface area contributed by atoms with E-state index >= 15 is 0 Å². The number of hydrogen-bond donors (Lipinski definition) is 0. The Morgan fingerprint density at radius 2 is 1.94 bits per heavy atom. The molecule has 1 atom stereocenters. The molecule has 0 spiro atoms. The van der Waals surface area contributed by atoms with Crippen LogP contribution >= 0.6 is 0 Å². The molecule has 2 amide bonds. The lowest BCUT2D eigenvalue weighted by molar-refractivity contribution is -0.121. The first-order valence-corrected chi connectivity index (χ1v) is 6.24. The lowest BCUT2D eigenvalue weighted by atomic mass is 10.0. The van der Waals surface area contributed by atoms with Gasteiger partial charge in [-0.2, -0.15) is 0 Å². The molecular weight excluding hydrogens is 216 g/mol. The number of carbonyl (C=O) groups is 2. The number of amides is 2. The van der Waals surface area contributed by atoms with Crippen LogP contribution in [0.25, 0.3) is 0 Å². The van der Waals surface area contributed by atoms with Gasteiger partial charge in [-0.05, 0) is 32.1 Å². The largest absolute Gasteiger partial charge is 0.276 e. The van der Waals surface area contributed by atoms with Gasteiger partial charge < -0.3 is 0 Å². The van der Waals surface area contributed by atoms with Gasteiger partial charge >= 0.3 is 0 Å². The molecule has 0 aromatic heterocycles. The third-order valence-electron chi connectivity index (χ3n) is 2.46. The van der Waals surface area contributed by atoms with E-state index in [2.05, 4.69) is 16.9 Å². The zero-order chi connectivity index (χ0) is 12.9. The van der Waals surface area contributed by atoms with Crippen LogP contribution in [0.15, 0.2) is 9.98 Å². The molecule has 0 saturated heterocycles. The van der Waals surface area contributed by atoms with Gasteiger partial charge in [0.05, 0.1) is 0 Å². The van der Waals surface area contributed by atoms with Crippen molar-refractivity contribution in [3.05, 3.63) is 0 Å². The van der Waals surface area contributed by atoms with E-state index in [0.717, 1.165) is 38.5 Å². The highest BCUT2D eigenvalue weighted by molar-refractivity contribution is 5.86. The first-order valence-electron chi connectivity index (χ1n) is 6.24. The second-order valence-electron chi connectivity index (χ2n) is 4.06. The van der Waals surface area contributed by atoms with Crippen molar-refractivity contribution >= 4 is 24.7 Å². The van der Waals surface area contributed by atoms with E-state index in [9.17, 15) is 9.59 Å². The van der Waals surface area contributed by atoms with Crippen LogP contribution < -0.4 is 0 Å². The third kappa shape index (κ3) is 9.60. The van der Waals surface area contributed by atoms with Gasteiger partial charge in [0.2, 0.25) is 12.3 Å². The second kappa shape index (κ2) is 11.2. The molecule has 0 saturated carbocycles. The molecule has 0 aromatic rings. The molecule has 0 aliphatic rings. The molecule has 0 rings (SSSR count). The Kier molecular flexibility index (Phi) is 10.3. The van der Waals surface area contributed by atoms with Crippen molar-refractivity contribution in [2.24, 2.45) is 15.9 Å². The van der Waals surface area contributed by atoms with E-state index in [0.29, 0.717) is 6.41 Å². The summed E-state index contributed by atoms with van der Waals surface area (Å²) in [4.78, 5) is 28.8. The van der Waals surface area contributed by atoms with E-state index in [-0.39, 0.29) is 11.8 Å². The average Bonchev–Trinajstić information content (AvgIpc) is 2.34. The van der Waals surface area contributed by atoms with Crippen LogP contribution in [0.3, 0.4) is 0 Å². The average molecular weight is 238 g/mol. The summed E-state index contributed by atoms with van der Waals surface area (Å²) >= 11 is 0. The summed E-state index contributed by atoms with van der Waals surface area (Å²) in [5, 5.41) is 0. The molecule has 1 unspecified atom stereocenters. The summed E-state index contributed by atoms with van der Waals surface area (Å²) in [6, 6.07) is 0. The smallest absolute Gasteiger partial charge is 0.248 e. The van der Waals surface area contributed by atoms with E-state index < -0.39 is 0 Å². The van der Waals surface area contributed by atoms with Crippen LogP contribution in [0, 0.1) is 5.92 Å². The molecule has 0 aliphatic carbocycles. The fraction of sp³-hybridized carbons (Fsp3) is 0.692. The minimum absolute atomic E-state index is 0.0440. The van der Waals surface area contributed by atoms with E-state index in [1.54, 1.807) is 12.4 Å². The number of hydrogen-bond acceptors (Lipinski definition) is 2. The Bertz CT molecular complexity index is 273. The topological polar surface area (TPSA) is 58.9 Å². The highest BCUT2D eigenvalue weighted by Crippen LogP contribution is 2.09. The van der Waals surface area contributed by atoms with Gasteiger partial charge in [-0.15, -0.1) is 0 Å². The van der Waals surface area contributed by atoms with E-state index in [1.807, 2.05) is 6.92 Å². The number of carbonyl (C=O) groups excluding carboxylic acids is 2. The number of aliphatic imine (C=N–C) groups is 2. The summed E-state index contributed by atoms with van der Waals surface area (Å²) in [7, 11) is 0. The van der Waals surface area contributed by atoms with Crippen LogP contribution in [0.5, 0.6) is 0 Å². The molecule has 0 radical (unpaired) electrons. The predicted octanol–water partition coefficient (Wildman–Crippen LogP) is 2.81. The molecule has 0 bridgehead atoms. The highest BCUT2D eigenvalue weighted by atomic mass is 16.1. The summed E-state index contributed by atoms with van der Waals surface area (Å²) in [5.41, 5.74) is 0. The minimum Gasteiger partial charge on any atom is -0.276 e. The third-order valence-corrected chi connectivity index (χ3v) is 2.46. The summed E-state index contributed by atoms with van der Waals surface area (Å²) in [6.07, 6.45) is 9.26. The van der Waals surface area contributed by atoms with Crippen molar-refractivity contribution in [3.8, 4) is 0 Å². The van der Waals surface area contributed by atoms with E-state index in [4.69, 9.17) is 0 Å². The van der Waals surface area contributed by atoms with Crippen LogP contribution in [0.1, 0.15) is 52.4 Å². The Morgan fingerprint density at radius 1 is 1.24 bits per heavy atom. The number of rotatable bonds is 9. The van der Waals surface area contributed by atoms with Crippen molar-refractivity contribution < 1.29 is 9.59 Å². The maximum atomic E-state index is 11.5. The lowest BCUT2D eigenvalue weighted by Crippen LogP contribution is -2.08. The van der Waals surface area contributed by atoms with Gasteiger partial charge in [0.25, 0.3) is 0 Å². The quantitative estimate of drug-likeness (QED) is 0.352. The van der Waals surface area contributed by atoms with Crippen molar-refractivity contribution in [2.45, 2.75) is 52.4 Å². The van der Waals surface area contributed by atoms with Crippen molar-refractivity contribution in [3.63, 3.8) is 0 Å². The summed E-state index contributed by atoms with van der Waals surface area (Å²) in [5.74, 6) is -0.0917. The molecule has 4 nitrogen and oxygen atoms in total. The molecule has 0 fully saturated rings. The molecule has 0 N–H and O–H groups in total. The predicted molar refractivity (Wildman–Crippen MR) is 70.6 cm³/mol. The molecule has 96 valence electrons. The van der Waals surface area contributed by atoms with Gasteiger partial charge in [0, 0.05) is 18.3 Å². The number of nitrogens with zero attached hydrogens (tertiary/aromatic N) is 2. The highest BCUT2D eigenvalue weighted by Gasteiger charge is 2.09. The molecule has 17 heavy (non-hydrogen) atoms. The summed E-state index contributed by atoms with van der Waals surface area (Å²) in [6.45, 7) is 4.00. The van der Waals surface area contributed by atoms with Crippen LogP contribution in [0.2, 0.25) is 0 Å². The first kappa shape index (κ1) is 15.7. The van der Waals surface area contributed by atoms with Gasteiger partial charge in [0.1, 0.15) is 0 Å². The minimum atomic E-state index is -0.0478. The molecular formula is C13H22N2O2. The van der Waals surface area contributed by atoms with Gasteiger partial charge in [-0.3, -0.25) is 9.59 Å². The zero-order valence-electron chi connectivity index (χ0n) is 10.8. The SMILES string of the molecule is CCCCC=NC(=O)C(C)CCCC=NC=O. The Morgan fingerprint density at radius 3 is 2.59 bits per heavy atom. The normalized spacial score (nSPS) is 13.3. The fourth-order valence-corrected chi connectivity index (χ4v) is 1.33. The standard InChI is InChI=1S/C13H22N2O2/c1-3-4-6-10-15-13(17)12(2)8-5-7-9-14-11-16/h9-12H,3-8H2,1-2H3. The molecule has 0 heterocycles.